The Hall–Kier alpha value is -2.26. The standard InChI is InChI=1S/C13H14N2O6S/c1-6(2)10(13(18)19)15-22(20,21)7-3-4-8-9(5-7)12(17)14-11(8)16/h3-6,10,15H,1-2H3,(H,18,19)(H,14,16,17)/t10-/m0/s1. The minimum absolute atomic E-state index is 0.0516. The van der Waals surface area contributed by atoms with Gasteiger partial charge in [0, 0.05) is 0 Å². The topological polar surface area (TPSA) is 130 Å². The molecule has 1 aliphatic rings. The van der Waals surface area contributed by atoms with Gasteiger partial charge in [0.05, 0.1) is 16.0 Å². The van der Waals surface area contributed by atoms with Crippen molar-refractivity contribution >= 4 is 27.8 Å². The molecule has 0 saturated carbocycles. The predicted octanol–water partition coefficient (Wildman–Crippen LogP) is -0.0423. The summed E-state index contributed by atoms with van der Waals surface area (Å²) >= 11 is 0. The minimum atomic E-state index is -4.13. The molecule has 0 unspecified atom stereocenters. The fourth-order valence-corrected chi connectivity index (χ4v) is 3.38. The summed E-state index contributed by atoms with van der Waals surface area (Å²) in [6.07, 6.45) is 0. The van der Waals surface area contributed by atoms with Crippen LogP contribution in [-0.4, -0.2) is 37.3 Å². The Morgan fingerprint density at radius 3 is 2.32 bits per heavy atom. The molecule has 2 amide bonds. The summed E-state index contributed by atoms with van der Waals surface area (Å²) in [5.74, 6) is -3.04. The van der Waals surface area contributed by atoms with Crippen molar-refractivity contribution in [3.05, 3.63) is 29.3 Å². The van der Waals surface area contributed by atoms with Crippen molar-refractivity contribution in [1.82, 2.24) is 10.0 Å². The van der Waals surface area contributed by atoms with E-state index in [2.05, 4.69) is 10.0 Å². The van der Waals surface area contributed by atoms with Gasteiger partial charge in [0.2, 0.25) is 10.0 Å². The monoisotopic (exact) mass is 326 g/mol. The number of carbonyl (C=O) groups is 3. The molecule has 2 rings (SSSR count). The number of hydrogen-bond acceptors (Lipinski definition) is 5. The fraction of sp³-hybridized carbons (Fsp3) is 0.308. The van der Waals surface area contributed by atoms with Crippen molar-refractivity contribution in [1.29, 1.82) is 0 Å². The van der Waals surface area contributed by atoms with Crippen LogP contribution in [0, 0.1) is 5.92 Å². The van der Waals surface area contributed by atoms with Crippen LogP contribution in [0.1, 0.15) is 34.6 Å². The van der Waals surface area contributed by atoms with Crippen LogP contribution in [0.15, 0.2) is 23.1 Å². The zero-order valence-electron chi connectivity index (χ0n) is 11.8. The molecule has 118 valence electrons. The van der Waals surface area contributed by atoms with Gasteiger partial charge in [0.1, 0.15) is 6.04 Å². The van der Waals surface area contributed by atoms with E-state index >= 15 is 0 Å². The number of amides is 2. The highest BCUT2D eigenvalue weighted by Gasteiger charge is 2.31. The maximum atomic E-state index is 12.2. The van der Waals surface area contributed by atoms with Gasteiger partial charge in [-0.05, 0) is 24.1 Å². The number of carboxylic acid groups (broad SMARTS) is 1. The summed E-state index contributed by atoms with van der Waals surface area (Å²) in [5, 5.41) is 11.1. The van der Waals surface area contributed by atoms with Gasteiger partial charge in [-0.2, -0.15) is 4.72 Å². The Labute approximate surface area is 126 Å². The third-order valence-electron chi connectivity index (χ3n) is 3.23. The van der Waals surface area contributed by atoms with Gasteiger partial charge in [-0.1, -0.05) is 13.8 Å². The van der Waals surface area contributed by atoms with E-state index in [9.17, 15) is 22.8 Å². The van der Waals surface area contributed by atoms with E-state index < -0.39 is 39.8 Å². The summed E-state index contributed by atoms with van der Waals surface area (Å²) in [6, 6.07) is 2.12. The van der Waals surface area contributed by atoms with Crippen LogP contribution in [0.25, 0.3) is 0 Å². The Bertz CT molecular complexity index is 769. The van der Waals surface area contributed by atoms with E-state index in [1.807, 2.05) is 0 Å². The average Bonchev–Trinajstić information content (AvgIpc) is 2.70. The van der Waals surface area contributed by atoms with E-state index in [0.717, 1.165) is 12.1 Å². The summed E-state index contributed by atoms with van der Waals surface area (Å²) in [4.78, 5) is 33.8. The third-order valence-corrected chi connectivity index (χ3v) is 4.67. The highest BCUT2D eigenvalue weighted by molar-refractivity contribution is 7.89. The SMILES string of the molecule is CC(C)[C@H](NS(=O)(=O)c1ccc2c(c1)C(=O)NC2=O)C(=O)O. The van der Waals surface area contributed by atoms with Crippen molar-refractivity contribution in [2.45, 2.75) is 24.8 Å². The first-order valence-corrected chi connectivity index (χ1v) is 7.86. The Morgan fingerprint density at radius 1 is 1.18 bits per heavy atom. The number of aliphatic carboxylic acids is 1. The highest BCUT2D eigenvalue weighted by Crippen LogP contribution is 2.21. The Balaban J connectivity index is 2.39. The number of carbonyl (C=O) groups excluding carboxylic acids is 2. The van der Waals surface area contributed by atoms with Gasteiger partial charge < -0.3 is 5.11 Å². The lowest BCUT2D eigenvalue weighted by Crippen LogP contribution is -2.44. The summed E-state index contributed by atoms with van der Waals surface area (Å²) in [7, 11) is -4.13. The minimum Gasteiger partial charge on any atom is -0.480 e. The molecule has 1 aromatic rings. The largest absolute Gasteiger partial charge is 0.480 e. The van der Waals surface area contributed by atoms with Gasteiger partial charge in [-0.15, -0.1) is 0 Å². The predicted molar refractivity (Wildman–Crippen MR) is 74.8 cm³/mol. The van der Waals surface area contributed by atoms with Gasteiger partial charge >= 0.3 is 5.97 Å². The van der Waals surface area contributed by atoms with Gasteiger partial charge in [0.15, 0.2) is 0 Å². The lowest BCUT2D eigenvalue weighted by molar-refractivity contribution is -0.140. The van der Waals surface area contributed by atoms with Crippen molar-refractivity contribution in [3.8, 4) is 0 Å². The van der Waals surface area contributed by atoms with Crippen LogP contribution in [0.3, 0.4) is 0 Å². The molecule has 22 heavy (non-hydrogen) atoms. The van der Waals surface area contributed by atoms with Crippen LogP contribution in [0.5, 0.6) is 0 Å². The molecule has 0 radical (unpaired) electrons. The van der Waals surface area contributed by atoms with Gasteiger partial charge in [-0.3, -0.25) is 19.7 Å². The van der Waals surface area contributed by atoms with Crippen LogP contribution >= 0.6 is 0 Å². The summed E-state index contributed by atoms with van der Waals surface area (Å²) in [6.45, 7) is 3.13. The molecule has 0 bridgehead atoms. The molecule has 0 aliphatic carbocycles. The first-order chi connectivity index (χ1) is 10.1. The van der Waals surface area contributed by atoms with Gasteiger partial charge in [0.25, 0.3) is 11.8 Å². The zero-order valence-corrected chi connectivity index (χ0v) is 12.6. The molecule has 0 spiro atoms. The lowest BCUT2D eigenvalue weighted by atomic mass is 10.1. The summed E-state index contributed by atoms with van der Waals surface area (Å²) in [5.41, 5.74) is 0.0342. The zero-order chi connectivity index (χ0) is 16.7. The van der Waals surface area contributed by atoms with Crippen molar-refractivity contribution in [2.75, 3.05) is 0 Å². The van der Waals surface area contributed by atoms with E-state index in [1.165, 1.54) is 6.07 Å². The van der Waals surface area contributed by atoms with Crippen molar-refractivity contribution < 1.29 is 27.9 Å². The van der Waals surface area contributed by atoms with Crippen LogP contribution < -0.4 is 10.0 Å². The molecule has 0 saturated heterocycles. The molecule has 9 heteroatoms. The number of rotatable bonds is 5. The van der Waals surface area contributed by atoms with Crippen molar-refractivity contribution in [2.24, 2.45) is 5.92 Å². The number of fused-ring (bicyclic) bond motifs is 1. The molecular formula is C13H14N2O6S. The number of imide groups is 1. The normalized spacial score (nSPS) is 15.6. The quantitative estimate of drug-likeness (QED) is 0.651. The average molecular weight is 326 g/mol. The number of sulfonamides is 1. The molecular weight excluding hydrogens is 312 g/mol. The molecule has 0 aromatic heterocycles. The van der Waals surface area contributed by atoms with E-state index in [-0.39, 0.29) is 16.0 Å². The molecule has 1 aliphatic heterocycles. The molecule has 3 N–H and O–H groups in total. The number of carboxylic acids is 1. The van der Waals surface area contributed by atoms with E-state index in [0.29, 0.717) is 0 Å². The first kappa shape index (κ1) is 16.1. The molecule has 1 atom stereocenters. The van der Waals surface area contributed by atoms with E-state index in [1.54, 1.807) is 13.8 Å². The second kappa shape index (κ2) is 5.50. The fourth-order valence-electron chi connectivity index (χ4n) is 2.02. The van der Waals surface area contributed by atoms with Gasteiger partial charge in [-0.25, -0.2) is 8.42 Å². The van der Waals surface area contributed by atoms with Crippen LogP contribution in [0.4, 0.5) is 0 Å². The Kier molecular flexibility index (Phi) is 4.03. The third kappa shape index (κ3) is 2.85. The number of benzene rings is 1. The Morgan fingerprint density at radius 2 is 1.77 bits per heavy atom. The van der Waals surface area contributed by atoms with Crippen LogP contribution in [-0.2, 0) is 14.8 Å². The number of nitrogens with one attached hydrogen (secondary N) is 2. The number of hydrogen-bond donors (Lipinski definition) is 3. The second-order valence-corrected chi connectivity index (χ2v) is 6.89. The molecule has 0 fully saturated rings. The lowest BCUT2D eigenvalue weighted by Gasteiger charge is -2.18. The van der Waals surface area contributed by atoms with Crippen LogP contribution in [0.2, 0.25) is 0 Å². The maximum absolute atomic E-state index is 12.2. The first-order valence-electron chi connectivity index (χ1n) is 6.38. The molecule has 1 heterocycles. The second-order valence-electron chi connectivity index (χ2n) is 5.17. The molecule has 8 nitrogen and oxygen atoms in total. The smallest absolute Gasteiger partial charge is 0.322 e. The van der Waals surface area contributed by atoms with E-state index in [4.69, 9.17) is 5.11 Å². The summed E-state index contributed by atoms with van der Waals surface area (Å²) < 4.78 is 26.6. The maximum Gasteiger partial charge on any atom is 0.322 e. The highest BCUT2D eigenvalue weighted by atomic mass is 32.2. The molecule has 1 aromatic carbocycles. The van der Waals surface area contributed by atoms with Crippen molar-refractivity contribution in [3.63, 3.8) is 0 Å².